The van der Waals surface area contributed by atoms with Crippen molar-refractivity contribution in [3.8, 4) is 5.75 Å². The van der Waals surface area contributed by atoms with Gasteiger partial charge in [-0.3, -0.25) is 9.69 Å². The molecule has 0 radical (unpaired) electrons. The quantitative estimate of drug-likeness (QED) is 0.728. The lowest BCUT2D eigenvalue weighted by atomic mass is 10.2. The first-order valence-electron chi connectivity index (χ1n) is 6.73. The summed E-state index contributed by atoms with van der Waals surface area (Å²) < 4.78 is 1.96. The van der Waals surface area contributed by atoms with Crippen LogP contribution in [-0.4, -0.2) is 65.4 Å². The number of aliphatic hydroxyl groups is 1. The van der Waals surface area contributed by atoms with Gasteiger partial charge in [0.2, 0.25) is 5.43 Å². The summed E-state index contributed by atoms with van der Waals surface area (Å²) >= 11 is 0. The minimum atomic E-state index is -0.351. The predicted molar refractivity (Wildman–Crippen MR) is 79.1 cm³/mol. The lowest BCUT2D eigenvalue weighted by Crippen LogP contribution is -2.28. The molecule has 1 aromatic heterocycles. The minimum absolute atomic E-state index is 0.0466. The topological polar surface area (TPSA) is 68.9 Å². The van der Waals surface area contributed by atoms with E-state index in [-0.39, 0.29) is 17.8 Å². The van der Waals surface area contributed by atoms with Gasteiger partial charge < -0.3 is 19.7 Å². The number of aromatic hydroxyl groups is 1. The number of pyridine rings is 1. The van der Waals surface area contributed by atoms with Crippen molar-refractivity contribution in [1.82, 2.24) is 14.4 Å². The van der Waals surface area contributed by atoms with Crippen molar-refractivity contribution in [3.63, 3.8) is 0 Å². The molecule has 0 saturated carbocycles. The Morgan fingerprint density at radius 1 is 1.25 bits per heavy atom. The summed E-state index contributed by atoms with van der Waals surface area (Å²) in [7, 11) is 5.81. The second-order valence-electron chi connectivity index (χ2n) is 5.36. The molecule has 0 spiro atoms. The van der Waals surface area contributed by atoms with Crippen LogP contribution in [0.15, 0.2) is 10.9 Å². The summed E-state index contributed by atoms with van der Waals surface area (Å²) in [6, 6.07) is 1.46. The first-order chi connectivity index (χ1) is 9.36. The molecule has 0 unspecified atom stereocenters. The van der Waals surface area contributed by atoms with E-state index in [1.807, 2.05) is 37.5 Å². The van der Waals surface area contributed by atoms with Crippen molar-refractivity contribution < 1.29 is 10.2 Å². The Morgan fingerprint density at radius 3 is 2.45 bits per heavy atom. The number of rotatable bonds is 7. The third-order valence-electron chi connectivity index (χ3n) is 3.27. The lowest BCUT2D eigenvalue weighted by Gasteiger charge is -2.23. The summed E-state index contributed by atoms with van der Waals surface area (Å²) in [5, 5.41) is 19.0. The summed E-state index contributed by atoms with van der Waals surface area (Å²) in [5.74, 6) is -0.195. The smallest absolute Gasteiger partial charge is 0.223 e. The monoisotopic (exact) mass is 283 g/mol. The highest BCUT2D eigenvalue weighted by atomic mass is 16.3. The molecular weight excluding hydrogens is 258 g/mol. The molecule has 20 heavy (non-hydrogen) atoms. The van der Waals surface area contributed by atoms with E-state index in [1.165, 1.54) is 6.07 Å². The first-order valence-corrected chi connectivity index (χ1v) is 6.73. The number of likely N-dealkylation sites (N-methyl/N-ethyl adjacent to an activating group) is 2. The van der Waals surface area contributed by atoms with Gasteiger partial charge in [0.1, 0.15) is 0 Å². The van der Waals surface area contributed by atoms with Crippen molar-refractivity contribution in [1.29, 1.82) is 0 Å². The molecule has 0 fully saturated rings. The van der Waals surface area contributed by atoms with Crippen LogP contribution in [-0.2, 0) is 13.1 Å². The number of aromatic nitrogens is 1. The molecule has 6 nitrogen and oxygen atoms in total. The Labute approximate surface area is 119 Å². The number of aryl methyl sites for hydroxylation is 1. The Balaban J connectivity index is 3.12. The zero-order valence-corrected chi connectivity index (χ0v) is 12.8. The Hall–Kier alpha value is -1.37. The first kappa shape index (κ1) is 16.7. The van der Waals surface area contributed by atoms with Crippen LogP contribution in [0, 0.1) is 6.92 Å². The van der Waals surface area contributed by atoms with E-state index >= 15 is 0 Å². The maximum Gasteiger partial charge on any atom is 0.223 e. The molecule has 0 saturated heterocycles. The standard InChI is InChI=1S/C14H25N3O3/c1-11-9-13(19)14(20)12(10-16(4)7-8-18)17(11)6-5-15(2)3/h9,18,20H,5-8,10H2,1-4H3. The Kier molecular flexibility index (Phi) is 6.19. The van der Waals surface area contributed by atoms with Crippen LogP contribution in [0.5, 0.6) is 5.75 Å². The normalized spacial score (nSPS) is 11.6. The Bertz CT molecular complexity index is 497. The van der Waals surface area contributed by atoms with Gasteiger partial charge >= 0.3 is 0 Å². The molecule has 0 aliphatic carbocycles. The zero-order chi connectivity index (χ0) is 15.3. The minimum Gasteiger partial charge on any atom is -0.503 e. The molecule has 1 aromatic rings. The molecule has 2 N–H and O–H groups in total. The molecular formula is C14H25N3O3. The second-order valence-corrected chi connectivity index (χ2v) is 5.36. The van der Waals surface area contributed by atoms with Crippen molar-refractivity contribution in [3.05, 3.63) is 27.7 Å². The number of hydrogen-bond donors (Lipinski definition) is 2. The van der Waals surface area contributed by atoms with E-state index in [1.54, 1.807) is 0 Å². The van der Waals surface area contributed by atoms with Crippen LogP contribution in [0.1, 0.15) is 11.4 Å². The summed E-state index contributed by atoms with van der Waals surface area (Å²) in [6.07, 6.45) is 0. The van der Waals surface area contributed by atoms with Crippen LogP contribution in [0.3, 0.4) is 0 Å². The van der Waals surface area contributed by atoms with Crippen LogP contribution >= 0.6 is 0 Å². The van der Waals surface area contributed by atoms with Gasteiger partial charge in [0.05, 0.1) is 12.3 Å². The average Bonchev–Trinajstić information content (AvgIpc) is 2.35. The van der Waals surface area contributed by atoms with Crippen molar-refractivity contribution in [2.75, 3.05) is 40.8 Å². The predicted octanol–water partition coefficient (Wildman–Crippen LogP) is -0.152. The maximum absolute atomic E-state index is 11.7. The van der Waals surface area contributed by atoms with E-state index < -0.39 is 0 Å². The number of nitrogens with zero attached hydrogens (tertiary/aromatic N) is 3. The SMILES string of the molecule is Cc1cc(=O)c(O)c(CN(C)CCO)n1CCN(C)C. The van der Waals surface area contributed by atoms with Gasteiger partial charge in [-0.05, 0) is 28.1 Å². The molecule has 1 heterocycles. The van der Waals surface area contributed by atoms with Gasteiger partial charge in [-0.1, -0.05) is 0 Å². The number of hydrogen-bond acceptors (Lipinski definition) is 5. The van der Waals surface area contributed by atoms with Crippen LogP contribution in [0.4, 0.5) is 0 Å². The van der Waals surface area contributed by atoms with Gasteiger partial charge in [-0.25, -0.2) is 0 Å². The van der Waals surface area contributed by atoms with Gasteiger partial charge in [0.15, 0.2) is 5.75 Å². The molecule has 0 aromatic carbocycles. The summed E-state index contributed by atoms with van der Waals surface area (Å²) in [6.45, 7) is 4.36. The van der Waals surface area contributed by atoms with E-state index in [2.05, 4.69) is 4.90 Å². The van der Waals surface area contributed by atoms with Gasteiger partial charge in [0.25, 0.3) is 0 Å². The van der Waals surface area contributed by atoms with Crippen molar-refractivity contribution >= 4 is 0 Å². The van der Waals surface area contributed by atoms with Crippen LogP contribution in [0.25, 0.3) is 0 Å². The fourth-order valence-corrected chi connectivity index (χ4v) is 2.10. The Morgan fingerprint density at radius 2 is 1.90 bits per heavy atom. The fourth-order valence-electron chi connectivity index (χ4n) is 2.10. The molecule has 114 valence electrons. The molecule has 6 heteroatoms. The van der Waals surface area contributed by atoms with Gasteiger partial charge in [0, 0.05) is 37.9 Å². The van der Waals surface area contributed by atoms with Crippen LogP contribution in [0.2, 0.25) is 0 Å². The number of aliphatic hydroxyl groups excluding tert-OH is 1. The van der Waals surface area contributed by atoms with E-state index in [9.17, 15) is 9.90 Å². The molecule has 0 amide bonds. The summed E-state index contributed by atoms with van der Waals surface area (Å²) in [5.41, 5.74) is 1.09. The van der Waals surface area contributed by atoms with Gasteiger partial charge in [-0.2, -0.15) is 0 Å². The van der Waals surface area contributed by atoms with Crippen LogP contribution < -0.4 is 5.43 Å². The van der Waals surface area contributed by atoms with Crippen molar-refractivity contribution in [2.45, 2.75) is 20.0 Å². The molecule has 0 bridgehead atoms. The largest absolute Gasteiger partial charge is 0.503 e. The van der Waals surface area contributed by atoms with E-state index in [4.69, 9.17) is 5.11 Å². The summed E-state index contributed by atoms with van der Waals surface area (Å²) in [4.78, 5) is 15.7. The molecule has 1 rings (SSSR count). The molecule has 0 atom stereocenters. The zero-order valence-electron chi connectivity index (χ0n) is 12.8. The second kappa shape index (κ2) is 7.42. The highest BCUT2D eigenvalue weighted by Gasteiger charge is 2.14. The lowest BCUT2D eigenvalue weighted by molar-refractivity contribution is 0.211. The van der Waals surface area contributed by atoms with E-state index in [0.29, 0.717) is 25.3 Å². The third kappa shape index (κ3) is 4.33. The third-order valence-corrected chi connectivity index (χ3v) is 3.27. The highest BCUT2D eigenvalue weighted by Crippen LogP contribution is 2.16. The van der Waals surface area contributed by atoms with E-state index in [0.717, 1.165) is 12.2 Å². The molecule has 0 aliphatic rings. The average molecular weight is 283 g/mol. The van der Waals surface area contributed by atoms with Gasteiger partial charge in [-0.15, -0.1) is 0 Å². The molecule has 0 aliphatic heterocycles. The fraction of sp³-hybridized carbons (Fsp3) is 0.643. The maximum atomic E-state index is 11.7. The van der Waals surface area contributed by atoms with Crippen molar-refractivity contribution in [2.24, 2.45) is 0 Å². The highest BCUT2D eigenvalue weighted by molar-refractivity contribution is 5.29.